The average Bonchev–Trinajstić information content (AvgIpc) is 2.83. The number of carbonyl (C=O) groups excluding carboxylic acids is 1. The minimum absolute atomic E-state index is 0.150. The molecule has 0 saturated carbocycles. The van der Waals surface area contributed by atoms with Gasteiger partial charge in [-0.15, -0.1) is 0 Å². The number of carbonyl (C=O) groups is 1. The maximum Gasteiger partial charge on any atom is 0.222 e. The van der Waals surface area contributed by atoms with Crippen molar-refractivity contribution in [2.24, 2.45) is 7.05 Å². The minimum atomic E-state index is 0.150. The molecular weight excluding hydrogens is 318 g/mol. The van der Waals surface area contributed by atoms with Gasteiger partial charge in [0.1, 0.15) is 0 Å². The van der Waals surface area contributed by atoms with E-state index in [-0.39, 0.29) is 5.91 Å². The fraction of sp³-hybridized carbons (Fsp3) is 0.333. The Morgan fingerprint density at radius 3 is 2.60 bits per heavy atom. The normalized spacial score (nSPS) is 10.6. The molecule has 0 N–H and O–H groups in total. The van der Waals surface area contributed by atoms with Gasteiger partial charge in [0.25, 0.3) is 0 Å². The number of benzene rings is 1. The van der Waals surface area contributed by atoms with E-state index in [1.54, 1.807) is 15.8 Å². The second kappa shape index (κ2) is 6.70. The van der Waals surface area contributed by atoms with E-state index in [0.29, 0.717) is 13.0 Å². The van der Waals surface area contributed by atoms with Crippen molar-refractivity contribution in [3.63, 3.8) is 0 Å². The largest absolute Gasteiger partial charge is 0.341 e. The summed E-state index contributed by atoms with van der Waals surface area (Å²) in [7, 11) is 3.70. The lowest BCUT2D eigenvalue weighted by molar-refractivity contribution is -0.130. The first-order valence-electron chi connectivity index (χ1n) is 6.50. The number of nitrogens with zero attached hydrogens (tertiary/aromatic N) is 3. The van der Waals surface area contributed by atoms with Crippen LogP contribution in [0, 0.1) is 0 Å². The minimum Gasteiger partial charge on any atom is -0.341 e. The van der Waals surface area contributed by atoms with E-state index in [1.165, 1.54) is 5.56 Å². The van der Waals surface area contributed by atoms with Crippen LogP contribution in [0.5, 0.6) is 0 Å². The standard InChI is InChI=1S/C15H18BrN3O/c1-18(10-13-9-17-19(2)11-13)15(20)8-5-12-3-6-14(16)7-4-12/h3-4,6-7,9,11H,5,8,10H2,1-2H3. The van der Waals surface area contributed by atoms with Gasteiger partial charge in [0, 0.05) is 43.3 Å². The fourth-order valence-electron chi connectivity index (χ4n) is 2.01. The van der Waals surface area contributed by atoms with Crippen LogP contribution in [0.3, 0.4) is 0 Å². The second-order valence-corrected chi connectivity index (χ2v) is 5.81. The van der Waals surface area contributed by atoms with Gasteiger partial charge in [-0.1, -0.05) is 28.1 Å². The summed E-state index contributed by atoms with van der Waals surface area (Å²) in [5.74, 6) is 0.150. The summed E-state index contributed by atoms with van der Waals surface area (Å²) < 4.78 is 2.80. The number of halogens is 1. The number of hydrogen-bond acceptors (Lipinski definition) is 2. The maximum absolute atomic E-state index is 12.1. The SMILES string of the molecule is CN(Cc1cnn(C)c1)C(=O)CCc1ccc(Br)cc1. The smallest absolute Gasteiger partial charge is 0.222 e. The van der Waals surface area contributed by atoms with Crippen LogP contribution >= 0.6 is 15.9 Å². The van der Waals surface area contributed by atoms with Crippen LogP contribution in [0.4, 0.5) is 0 Å². The van der Waals surface area contributed by atoms with Crippen molar-refractivity contribution < 1.29 is 4.79 Å². The van der Waals surface area contributed by atoms with Gasteiger partial charge in [0.15, 0.2) is 0 Å². The molecule has 1 heterocycles. The monoisotopic (exact) mass is 335 g/mol. The van der Waals surface area contributed by atoms with Crippen molar-refractivity contribution in [2.75, 3.05) is 7.05 Å². The van der Waals surface area contributed by atoms with Crippen molar-refractivity contribution in [3.8, 4) is 0 Å². The van der Waals surface area contributed by atoms with Gasteiger partial charge < -0.3 is 4.90 Å². The van der Waals surface area contributed by atoms with Crippen molar-refractivity contribution in [1.29, 1.82) is 0 Å². The molecule has 0 unspecified atom stereocenters. The van der Waals surface area contributed by atoms with Crippen LogP contribution in [0.25, 0.3) is 0 Å². The lowest BCUT2D eigenvalue weighted by Gasteiger charge is -2.16. The molecule has 106 valence electrons. The third-order valence-corrected chi connectivity index (χ3v) is 3.67. The van der Waals surface area contributed by atoms with E-state index in [9.17, 15) is 4.79 Å². The van der Waals surface area contributed by atoms with Gasteiger partial charge in [0.05, 0.1) is 6.20 Å². The first-order valence-corrected chi connectivity index (χ1v) is 7.30. The number of aromatic nitrogens is 2. The highest BCUT2D eigenvalue weighted by molar-refractivity contribution is 9.10. The van der Waals surface area contributed by atoms with E-state index in [2.05, 4.69) is 21.0 Å². The lowest BCUT2D eigenvalue weighted by atomic mass is 10.1. The van der Waals surface area contributed by atoms with E-state index in [4.69, 9.17) is 0 Å². The molecular formula is C15H18BrN3O. The Morgan fingerprint density at radius 2 is 2.00 bits per heavy atom. The Kier molecular flexibility index (Phi) is 4.95. The van der Waals surface area contributed by atoms with Crippen molar-refractivity contribution in [3.05, 3.63) is 52.3 Å². The molecule has 0 aliphatic heterocycles. The summed E-state index contributed by atoms with van der Waals surface area (Å²) in [4.78, 5) is 13.8. The first-order chi connectivity index (χ1) is 9.54. The molecule has 1 aromatic heterocycles. The molecule has 0 aliphatic rings. The zero-order chi connectivity index (χ0) is 14.5. The van der Waals surface area contributed by atoms with Gasteiger partial charge >= 0.3 is 0 Å². The highest BCUT2D eigenvalue weighted by Crippen LogP contribution is 2.12. The Morgan fingerprint density at radius 1 is 1.30 bits per heavy atom. The van der Waals surface area contributed by atoms with Crippen LogP contribution in [-0.4, -0.2) is 27.6 Å². The zero-order valence-corrected chi connectivity index (χ0v) is 13.3. The van der Waals surface area contributed by atoms with Crippen molar-refractivity contribution in [1.82, 2.24) is 14.7 Å². The summed E-state index contributed by atoms with van der Waals surface area (Å²) in [6.45, 7) is 0.604. The molecule has 0 atom stereocenters. The van der Waals surface area contributed by atoms with Gasteiger partial charge in [-0.25, -0.2) is 0 Å². The molecule has 5 heteroatoms. The number of rotatable bonds is 5. The predicted octanol–water partition coefficient (Wildman–Crippen LogP) is 2.77. The molecule has 0 fully saturated rings. The molecule has 2 aromatic rings. The topological polar surface area (TPSA) is 38.1 Å². The number of hydrogen-bond donors (Lipinski definition) is 0. The lowest BCUT2D eigenvalue weighted by Crippen LogP contribution is -2.26. The van der Waals surface area contributed by atoms with Gasteiger partial charge in [-0.05, 0) is 24.1 Å². The third kappa shape index (κ3) is 4.20. The highest BCUT2D eigenvalue weighted by atomic mass is 79.9. The first kappa shape index (κ1) is 14.8. The molecule has 0 spiro atoms. The Hall–Kier alpha value is -1.62. The molecule has 4 nitrogen and oxygen atoms in total. The molecule has 2 rings (SSSR count). The average molecular weight is 336 g/mol. The third-order valence-electron chi connectivity index (χ3n) is 3.14. The molecule has 0 aliphatic carbocycles. The van der Waals surface area contributed by atoms with E-state index >= 15 is 0 Å². The Labute approximate surface area is 127 Å². The van der Waals surface area contributed by atoms with E-state index in [0.717, 1.165) is 16.5 Å². The summed E-state index contributed by atoms with van der Waals surface area (Å²) in [6, 6.07) is 8.08. The Balaban J connectivity index is 1.83. The summed E-state index contributed by atoms with van der Waals surface area (Å²) in [6.07, 6.45) is 5.01. The van der Waals surface area contributed by atoms with E-state index < -0.39 is 0 Å². The van der Waals surface area contributed by atoms with E-state index in [1.807, 2.05) is 44.6 Å². The van der Waals surface area contributed by atoms with Gasteiger partial charge in [-0.3, -0.25) is 9.48 Å². The summed E-state index contributed by atoms with van der Waals surface area (Å²) in [5, 5.41) is 4.11. The highest BCUT2D eigenvalue weighted by Gasteiger charge is 2.10. The molecule has 1 amide bonds. The van der Waals surface area contributed by atoms with Crippen molar-refractivity contribution >= 4 is 21.8 Å². The number of aryl methyl sites for hydroxylation is 2. The van der Waals surface area contributed by atoms with Crippen LogP contribution in [-0.2, 0) is 24.8 Å². The van der Waals surface area contributed by atoms with Gasteiger partial charge in [-0.2, -0.15) is 5.10 Å². The number of amides is 1. The fourth-order valence-corrected chi connectivity index (χ4v) is 2.27. The summed E-state index contributed by atoms with van der Waals surface area (Å²) in [5.41, 5.74) is 2.23. The Bertz CT molecular complexity index is 577. The maximum atomic E-state index is 12.1. The molecule has 0 bridgehead atoms. The molecule has 0 radical (unpaired) electrons. The summed E-state index contributed by atoms with van der Waals surface area (Å²) >= 11 is 3.40. The van der Waals surface area contributed by atoms with Crippen LogP contribution in [0.1, 0.15) is 17.5 Å². The van der Waals surface area contributed by atoms with Crippen LogP contribution in [0.15, 0.2) is 41.1 Å². The second-order valence-electron chi connectivity index (χ2n) is 4.90. The zero-order valence-electron chi connectivity index (χ0n) is 11.7. The van der Waals surface area contributed by atoms with Crippen molar-refractivity contribution in [2.45, 2.75) is 19.4 Å². The van der Waals surface area contributed by atoms with Gasteiger partial charge in [0.2, 0.25) is 5.91 Å². The van der Waals surface area contributed by atoms with Crippen LogP contribution in [0.2, 0.25) is 0 Å². The molecule has 0 saturated heterocycles. The molecule has 20 heavy (non-hydrogen) atoms. The predicted molar refractivity (Wildman–Crippen MR) is 82.1 cm³/mol. The quantitative estimate of drug-likeness (QED) is 0.842. The van der Waals surface area contributed by atoms with Crippen LogP contribution < -0.4 is 0 Å². The molecule has 1 aromatic carbocycles.